The van der Waals surface area contributed by atoms with Gasteiger partial charge in [0.1, 0.15) is 0 Å². The molecule has 0 spiro atoms. The smallest absolute Gasteiger partial charge is 0.313 e. The van der Waals surface area contributed by atoms with Crippen LogP contribution in [0.5, 0.6) is 5.75 Å². The van der Waals surface area contributed by atoms with E-state index in [-0.39, 0.29) is 11.4 Å². The standard InChI is InChI=1S/C7H9N3O3.HNO3/c1-13-7-5(9-8)3-2-4-6(7)10(11)12;2-1(3)4/h2-4,9H,8H2,1H3;(H,2,3,4). The number of hydrogen-bond donors (Lipinski definition) is 3. The summed E-state index contributed by atoms with van der Waals surface area (Å²) in [4.78, 5) is 18.3. The number of anilines is 1. The van der Waals surface area contributed by atoms with Crippen molar-refractivity contribution in [3.63, 3.8) is 0 Å². The van der Waals surface area contributed by atoms with Crippen molar-refractivity contribution in [2.24, 2.45) is 5.84 Å². The average molecular weight is 246 g/mol. The quantitative estimate of drug-likeness (QED) is 0.396. The molecule has 4 N–H and O–H groups in total. The van der Waals surface area contributed by atoms with Crippen LogP contribution in [-0.2, 0) is 0 Å². The summed E-state index contributed by atoms with van der Waals surface area (Å²) in [6.45, 7) is 0. The fourth-order valence-corrected chi connectivity index (χ4v) is 0.997. The number of hydrogen-bond acceptors (Lipinski definition) is 7. The molecule has 0 aliphatic carbocycles. The summed E-state index contributed by atoms with van der Waals surface area (Å²) < 4.78 is 4.84. The van der Waals surface area contributed by atoms with Gasteiger partial charge in [-0.05, 0) is 6.07 Å². The third kappa shape index (κ3) is 4.61. The van der Waals surface area contributed by atoms with E-state index in [9.17, 15) is 10.1 Å². The normalized spacial score (nSPS) is 8.59. The number of nitro groups is 1. The number of nitrogens with zero attached hydrogens (tertiary/aromatic N) is 2. The maximum absolute atomic E-state index is 10.5. The monoisotopic (exact) mass is 246 g/mol. The second-order valence-corrected chi connectivity index (χ2v) is 2.50. The zero-order valence-corrected chi connectivity index (χ0v) is 8.69. The molecular formula is C7H10N4O6. The minimum absolute atomic E-state index is 0.113. The first-order chi connectivity index (χ1) is 7.93. The maximum atomic E-state index is 10.5. The van der Waals surface area contributed by atoms with Crippen LogP contribution in [0.1, 0.15) is 0 Å². The van der Waals surface area contributed by atoms with E-state index in [0.29, 0.717) is 5.69 Å². The van der Waals surface area contributed by atoms with E-state index >= 15 is 0 Å². The van der Waals surface area contributed by atoms with Crippen LogP contribution < -0.4 is 16.0 Å². The van der Waals surface area contributed by atoms with Crippen molar-refractivity contribution in [1.29, 1.82) is 0 Å². The molecule has 94 valence electrons. The van der Waals surface area contributed by atoms with Crippen LogP contribution >= 0.6 is 0 Å². The molecule has 0 saturated carbocycles. The number of nitro benzene ring substituents is 1. The largest absolute Gasteiger partial charge is 0.489 e. The fraction of sp³-hybridized carbons (Fsp3) is 0.143. The number of benzene rings is 1. The van der Waals surface area contributed by atoms with Crippen molar-refractivity contribution < 1.29 is 20.0 Å². The van der Waals surface area contributed by atoms with E-state index in [1.807, 2.05) is 0 Å². The van der Waals surface area contributed by atoms with Crippen molar-refractivity contribution in [2.45, 2.75) is 0 Å². The van der Waals surface area contributed by atoms with Gasteiger partial charge in [0.25, 0.3) is 5.09 Å². The van der Waals surface area contributed by atoms with Gasteiger partial charge >= 0.3 is 5.69 Å². The molecule has 0 fully saturated rings. The van der Waals surface area contributed by atoms with Crippen LogP contribution in [0.15, 0.2) is 18.2 Å². The van der Waals surface area contributed by atoms with Gasteiger partial charge in [-0.25, -0.2) is 0 Å². The Balaban J connectivity index is 0.000000557. The van der Waals surface area contributed by atoms with Gasteiger partial charge in [0.15, 0.2) is 0 Å². The molecule has 0 radical (unpaired) electrons. The SMILES string of the molecule is COc1c(NN)cccc1[N+](=O)[O-].O=[N+]([O-])O. The molecule has 0 saturated heterocycles. The molecule has 1 rings (SSSR count). The number of hydrazine groups is 1. The third-order valence-electron chi connectivity index (χ3n) is 1.55. The van der Waals surface area contributed by atoms with Gasteiger partial charge in [0.05, 0.1) is 17.7 Å². The van der Waals surface area contributed by atoms with Crippen LogP contribution in [0.25, 0.3) is 0 Å². The van der Waals surface area contributed by atoms with Crippen molar-refractivity contribution in [3.05, 3.63) is 38.4 Å². The van der Waals surface area contributed by atoms with E-state index in [1.54, 1.807) is 6.07 Å². The van der Waals surface area contributed by atoms with Crippen LogP contribution in [0.4, 0.5) is 11.4 Å². The molecule has 0 aromatic heterocycles. The molecule has 0 amide bonds. The minimum Gasteiger partial charge on any atom is -0.489 e. The number of rotatable bonds is 3. The second kappa shape index (κ2) is 6.79. The van der Waals surface area contributed by atoms with Crippen molar-refractivity contribution in [2.75, 3.05) is 12.5 Å². The Kier molecular flexibility index (Phi) is 5.74. The van der Waals surface area contributed by atoms with Crippen LogP contribution in [0, 0.1) is 20.2 Å². The first kappa shape index (κ1) is 14.4. The highest BCUT2D eigenvalue weighted by atomic mass is 16.9. The van der Waals surface area contributed by atoms with E-state index in [0.717, 1.165) is 0 Å². The lowest BCUT2D eigenvalue weighted by molar-refractivity contribution is -0.742. The average Bonchev–Trinajstić information content (AvgIpc) is 2.26. The Hall–Kier alpha value is -2.62. The van der Waals surface area contributed by atoms with E-state index in [4.69, 9.17) is 25.9 Å². The maximum Gasteiger partial charge on any atom is 0.313 e. The van der Waals surface area contributed by atoms with E-state index in [2.05, 4.69) is 5.43 Å². The summed E-state index contributed by atoms with van der Waals surface area (Å²) in [6.07, 6.45) is 0. The Bertz CT molecular complexity index is 405. The van der Waals surface area contributed by atoms with Gasteiger partial charge in [-0.2, -0.15) is 0 Å². The summed E-state index contributed by atoms with van der Waals surface area (Å²) in [5, 5.41) is 24.1. The van der Waals surface area contributed by atoms with Gasteiger partial charge in [0, 0.05) is 6.07 Å². The lowest BCUT2D eigenvalue weighted by atomic mass is 10.2. The number of nitrogens with two attached hydrogens (primary N) is 1. The molecule has 0 atom stereocenters. The van der Waals surface area contributed by atoms with Gasteiger partial charge < -0.3 is 15.4 Å². The predicted molar refractivity (Wildman–Crippen MR) is 56.2 cm³/mol. The molecule has 1 aromatic rings. The highest BCUT2D eigenvalue weighted by Gasteiger charge is 2.17. The molecule has 0 unspecified atom stereocenters. The Morgan fingerprint density at radius 1 is 1.41 bits per heavy atom. The second-order valence-electron chi connectivity index (χ2n) is 2.50. The van der Waals surface area contributed by atoms with Gasteiger partial charge in [0.2, 0.25) is 5.75 Å². The summed E-state index contributed by atoms with van der Waals surface area (Å²) in [5.74, 6) is 5.28. The lowest BCUT2D eigenvalue weighted by Gasteiger charge is -2.06. The lowest BCUT2D eigenvalue weighted by Crippen LogP contribution is -2.08. The zero-order valence-electron chi connectivity index (χ0n) is 8.69. The summed E-state index contributed by atoms with van der Waals surface area (Å²) >= 11 is 0. The predicted octanol–water partition coefficient (Wildman–Crippen LogP) is 0.541. The number of ether oxygens (including phenoxy) is 1. The molecule has 10 nitrogen and oxygen atoms in total. The zero-order chi connectivity index (χ0) is 13.4. The number of para-hydroxylation sites is 1. The van der Waals surface area contributed by atoms with E-state index < -0.39 is 10.0 Å². The first-order valence-electron chi connectivity index (χ1n) is 4.05. The van der Waals surface area contributed by atoms with Crippen LogP contribution in [-0.4, -0.2) is 22.3 Å². The number of methoxy groups -OCH3 is 1. The van der Waals surface area contributed by atoms with Gasteiger partial charge in [-0.15, -0.1) is 10.1 Å². The van der Waals surface area contributed by atoms with Crippen LogP contribution in [0.2, 0.25) is 0 Å². The number of nitrogens with one attached hydrogen (secondary N) is 1. The van der Waals surface area contributed by atoms with Crippen LogP contribution in [0.3, 0.4) is 0 Å². The Morgan fingerprint density at radius 2 is 1.94 bits per heavy atom. The Morgan fingerprint density at radius 3 is 2.29 bits per heavy atom. The molecule has 1 aromatic carbocycles. The molecule has 0 bridgehead atoms. The Labute approximate surface area is 94.8 Å². The van der Waals surface area contributed by atoms with Crippen molar-refractivity contribution in [3.8, 4) is 5.75 Å². The topological polar surface area (TPSA) is 154 Å². The summed E-state index contributed by atoms with van der Waals surface area (Å²) in [5.41, 5.74) is 2.59. The first-order valence-corrected chi connectivity index (χ1v) is 4.05. The minimum atomic E-state index is -1.50. The van der Waals surface area contributed by atoms with E-state index in [1.165, 1.54) is 19.2 Å². The molecule has 0 aliphatic rings. The summed E-state index contributed by atoms with van der Waals surface area (Å²) in [7, 11) is 1.35. The van der Waals surface area contributed by atoms with Crippen molar-refractivity contribution in [1.82, 2.24) is 0 Å². The van der Waals surface area contributed by atoms with Crippen molar-refractivity contribution >= 4 is 11.4 Å². The fourth-order valence-electron chi connectivity index (χ4n) is 0.997. The molecule has 10 heteroatoms. The third-order valence-corrected chi connectivity index (χ3v) is 1.55. The molecule has 17 heavy (non-hydrogen) atoms. The summed E-state index contributed by atoms with van der Waals surface area (Å²) in [6, 6.07) is 4.46. The molecule has 0 aliphatic heterocycles. The highest BCUT2D eigenvalue weighted by Crippen LogP contribution is 2.33. The molecular weight excluding hydrogens is 236 g/mol. The molecule has 0 heterocycles. The van der Waals surface area contributed by atoms with Gasteiger partial charge in [-0.3, -0.25) is 16.0 Å². The van der Waals surface area contributed by atoms with Gasteiger partial charge in [-0.1, -0.05) is 6.07 Å². The highest BCUT2D eigenvalue weighted by molar-refractivity contribution is 5.65. The number of nitrogen functional groups attached to an aromatic ring is 1.